The Morgan fingerprint density at radius 3 is 2.74 bits per heavy atom. The molecule has 0 saturated carbocycles. The first-order valence-electron chi connectivity index (χ1n) is 8.21. The number of hydrogen-bond donors (Lipinski definition) is 2. The molecule has 0 saturated heterocycles. The normalized spacial score (nSPS) is 10.9. The number of benzene rings is 2. The topological polar surface area (TPSA) is 74.8 Å². The van der Waals surface area contributed by atoms with E-state index in [2.05, 4.69) is 15.5 Å². The van der Waals surface area contributed by atoms with Crippen LogP contribution in [0.1, 0.15) is 15.9 Å². The first-order valence-corrected chi connectivity index (χ1v) is 9.46. The largest absolute Gasteiger partial charge is 0.348 e. The second-order valence-electron chi connectivity index (χ2n) is 5.95. The molecule has 2 aromatic carbocycles. The molecule has 2 aromatic heterocycles. The molecule has 7 heteroatoms. The van der Waals surface area contributed by atoms with E-state index in [1.165, 1.54) is 6.07 Å². The maximum Gasteiger partial charge on any atom is 0.277 e. The van der Waals surface area contributed by atoms with Gasteiger partial charge in [-0.1, -0.05) is 41.9 Å². The number of halogens is 1. The van der Waals surface area contributed by atoms with Crippen LogP contribution in [0.3, 0.4) is 0 Å². The van der Waals surface area contributed by atoms with E-state index in [4.69, 9.17) is 11.6 Å². The lowest BCUT2D eigenvalue weighted by molar-refractivity contribution is 0.0949. The Labute approximate surface area is 163 Å². The van der Waals surface area contributed by atoms with Gasteiger partial charge >= 0.3 is 0 Å². The minimum Gasteiger partial charge on any atom is -0.348 e. The fourth-order valence-electron chi connectivity index (χ4n) is 2.77. The zero-order chi connectivity index (χ0) is 18.8. The molecular formula is C20H14ClN3O2S. The smallest absolute Gasteiger partial charge is 0.277 e. The van der Waals surface area contributed by atoms with Gasteiger partial charge < -0.3 is 5.32 Å². The van der Waals surface area contributed by atoms with Crippen LogP contribution >= 0.6 is 22.9 Å². The summed E-state index contributed by atoms with van der Waals surface area (Å²) in [6, 6.07) is 16.6. The minimum atomic E-state index is -0.521. The standard InChI is InChI=1S/C20H14ClN3O2S/c21-13-7-5-12(6-8-13)10-22-19(25)15-9-17(23-24-20(15)26)16-11-27-18-4-2-1-3-14(16)18/h1-9,11H,10H2,(H,22,25)(H,24,26). The number of rotatable bonds is 4. The van der Waals surface area contributed by atoms with Gasteiger partial charge in [-0.05, 0) is 29.8 Å². The van der Waals surface area contributed by atoms with E-state index in [1.807, 2.05) is 41.8 Å². The summed E-state index contributed by atoms with van der Waals surface area (Å²) in [6.07, 6.45) is 0. The lowest BCUT2D eigenvalue weighted by Crippen LogP contribution is -2.29. The predicted molar refractivity (Wildman–Crippen MR) is 108 cm³/mol. The number of nitrogens with one attached hydrogen (secondary N) is 2. The van der Waals surface area contributed by atoms with Crippen molar-refractivity contribution in [3.05, 3.63) is 86.5 Å². The Bertz CT molecular complexity index is 1180. The summed E-state index contributed by atoms with van der Waals surface area (Å²) in [4.78, 5) is 24.6. The fourth-order valence-corrected chi connectivity index (χ4v) is 3.85. The lowest BCUT2D eigenvalue weighted by atomic mass is 10.1. The lowest BCUT2D eigenvalue weighted by Gasteiger charge is -2.06. The van der Waals surface area contributed by atoms with Crippen molar-refractivity contribution in [1.82, 2.24) is 15.5 Å². The average Bonchev–Trinajstić information content (AvgIpc) is 3.12. The number of carbonyl (C=O) groups is 1. The van der Waals surface area contributed by atoms with Crippen LogP contribution in [0.4, 0.5) is 0 Å². The number of thiophene rings is 1. The van der Waals surface area contributed by atoms with E-state index >= 15 is 0 Å². The molecular weight excluding hydrogens is 382 g/mol. The van der Waals surface area contributed by atoms with Crippen LogP contribution < -0.4 is 10.9 Å². The molecule has 0 fully saturated rings. The zero-order valence-corrected chi connectivity index (χ0v) is 15.6. The van der Waals surface area contributed by atoms with Gasteiger partial charge in [-0.2, -0.15) is 5.10 Å². The second kappa shape index (κ2) is 7.34. The SMILES string of the molecule is O=C(NCc1ccc(Cl)cc1)c1cc(-c2csc3ccccc23)n[nH]c1=O. The molecule has 2 heterocycles. The molecule has 0 spiro atoms. The molecule has 4 aromatic rings. The van der Waals surface area contributed by atoms with Gasteiger partial charge in [0.2, 0.25) is 0 Å². The van der Waals surface area contributed by atoms with Gasteiger partial charge in [0, 0.05) is 32.6 Å². The number of aromatic amines is 1. The number of carbonyl (C=O) groups excluding carboxylic acids is 1. The third-order valence-electron chi connectivity index (χ3n) is 4.17. The number of H-pyrrole nitrogens is 1. The quantitative estimate of drug-likeness (QED) is 0.542. The zero-order valence-electron chi connectivity index (χ0n) is 14.0. The highest BCUT2D eigenvalue weighted by Crippen LogP contribution is 2.32. The monoisotopic (exact) mass is 395 g/mol. The molecule has 0 aliphatic heterocycles. The first-order chi connectivity index (χ1) is 13.1. The van der Waals surface area contributed by atoms with Crippen molar-refractivity contribution in [3.8, 4) is 11.3 Å². The Balaban J connectivity index is 1.61. The third kappa shape index (κ3) is 3.63. The minimum absolute atomic E-state index is 0.0317. The summed E-state index contributed by atoms with van der Waals surface area (Å²) in [5.74, 6) is -0.450. The molecule has 0 aliphatic carbocycles. The molecule has 1 amide bonds. The maximum absolute atomic E-state index is 12.5. The van der Waals surface area contributed by atoms with Gasteiger partial charge in [0.25, 0.3) is 11.5 Å². The molecule has 2 N–H and O–H groups in total. The second-order valence-corrected chi connectivity index (χ2v) is 7.30. The summed E-state index contributed by atoms with van der Waals surface area (Å²) in [5, 5.41) is 12.9. The highest BCUT2D eigenvalue weighted by molar-refractivity contribution is 7.17. The summed E-state index contributed by atoms with van der Waals surface area (Å²) < 4.78 is 1.12. The Morgan fingerprint density at radius 2 is 1.93 bits per heavy atom. The van der Waals surface area contributed by atoms with E-state index in [1.54, 1.807) is 23.5 Å². The molecule has 0 unspecified atom stereocenters. The highest BCUT2D eigenvalue weighted by Gasteiger charge is 2.15. The first kappa shape index (κ1) is 17.5. The molecule has 0 bridgehead atoms. The molecule has 134 valence electrons. The van der Waals surface area contributed by atoms with Crippen molar-refractivity contribution in [3.63, 3.8) is 0 Å². The summed E-state index contributed by atoms with van der Waals surface area (Å²) in [7, 11) is 0. The van der Waals surface area contributed by atoms with Gasteiger partial charge in [0.1, 0.15) is 5.56 Å². The van der Waals surface area contributed by atoms with Crippen LogP contribution in [-0.4, -0.2) is 16.1 Å². The van der Waals surface area contributed by atoms with Crippen LogP contribution in [0.25, 0.3) is 21.3 Å². The molecule has 27 heavy (non-hydrogen) atoms. The van der Waals surface area contributed by atoms with Crippen molar-refractivity contribution >= 4 is 38.9 Å². The fraction of sp³-hybridized carbons (Fsp3) is 0.0500. The van der Waals surface area contributed by atoms with Crippen LogP contribution in [0.5, 0.6) is 0 Å². The molecule has 0 radical (unpaired) electrons. The molecule has 4 rings (SSSR count). The Hall–Kier alpha value is -2.96. The number of nitrogens with zero attached hydrogens (tertiary/aromatic N) is 1. The van der Waals surface area contributed by atoms with Gasteiger partial charge in [0.05, 0.1) is 5.69 Å². The molecule has 0 aliphatic rings. The van der Waals surface area contributed by atoms with Crippen LogP contribution in [0.15, 0.2) is 64.8 Å². The Kier molecular flexibility index (Phi) is 4.75. The summed E-state index contributed by atoms with van der Waals surface area (Å²) in [6.45, 7) is 0.300. The van der Waals surface area contributed by atoms with Crippen molar-refractivity contribution in [1.29, 1.82) is 0 Å². The highest BCUT2D eigenvalue weighted by atomic mass is 35.5. The van der Waals surface area contributed by atoms with Gasteiger partial charge in [-0.3, -0.25) is 9.59 Å². The third-order valence-corrected chi connectivity index (χ3v) is 5.39. The van der Waals surface area contributed by atoms with E-state index in [0.29, 0.717) is 17.3 Å². The van der Waals surface area contributed by atoms with E-state index in [0.717, 1.165) is 21.2 Å². The van der Waals surface area contributed by atoms with E-state index in [9.17, 15) is 9.59 Å². The molecule has 0 atom stereocenters. The summed E-state index contributed by atoms with van der Waals surface area (Å²) >= 11 is 7.45. The average molecular weight is 396 g/mol. The molecule has 5 nitrogen and oxygen atoms in total. The van der Waals surface area contributed by atoms with Crippen LogP contribution in [0, 0.1) is 0 Å². The van der Waals surface area contributed by atoms with Crippen LogP contribution in [0.2, 0.25) is 5.02 Å². The number of hydrogen-bond acceptors (Lipinski definition) is 4. The van der Waals surface area contributed by atoms with Crippen molar-refractivity contribution in [2.75, 3.05) is 0 Å². The van der Waals surface area contributed by atoms with Gasteiger partial charge in [0.15, 0.2) is 0 Å². The Morgan fingerprint density at radius 1 is 1.15 bits per heavy atom. The van der Waals surface area contributed by atoms with Crippen LogP contribution in [-0.2, 0) is 6.54 Å². The van der Waals surface area contributed by atoms with Gasteiger partial charge in [-0.25, -0.2) is 5.10 Å². The predicted octanol–water partition coefficient (Wildman–Crippen LogP) is 4.24. The number of amides is 1. The van der Waals surface area contributed by atoms with E-state index in [-0.39, 0.29) is 5.56 Å². The number of fused-ring (bicyclic) bond motifs is 1. The van der Waals surface area contributed by atoms with Crippen molar-refractivity contribution in [2.45, 2.75) is 6.54 Å². The number of aromatic nitrogens is 2. The summed E-state index contributed by atoms with van der Waals surface area (Å²) in [5.41, 5.74) is 1.85. The van der Waals surface area contributed by atoms with Crippen molar-refractivity contribution < 1.29 is 4.79 Å². The maximum atomic E-state index is 12.5. The van der Waals surface area contributed by atoms with Gasteiger partial charge in [-0.15, -0.1) is 11.3 Å². The van der Waals surface area contributed by atoms with Crippen molar-refractivity contribution in [2.24, 2.45) is 0 Å². The van der Waals surface area contributed by atoms with E-state index < -0.39 is 11.5 Å².